The maximum atomic E-state index is 12.1. The highest BCUT2D eigenvalue weighted by Gasteiger charge is 2.14. The summed E-state index contributed by atoms with van der Waals surface area (Å²) in [7, 11) is 0. The van der Waals surface area contributed by atoms with E-state index in [1.54, 1.807) is 18.2 Å². The van der Waals surface area contributed by atoms with E-state index in [0.29, 0.717) is 17.9 Å². The summed E-state index contributed by atoms with van der Waals surface area (Å²) in [5, 5.41) is 0.828. The van der Waals surface area contributed by atoms with Crippen LogP contribution in [0.1, 0.15) is 23.0 Å². The molecule has 0 saturated carbocycles. The lowest BCUT2D eigenvalue weighted by atomic mass is 10.2. The van der Waals surface area contributed by atoms with Crippen LogP contribution in [0.5, 0.6) is 5.75 Å². The molecule has 0 unspecified atom stereocenters. The summed E-state index contributed by atoms with van der Waals surface area (Å²) in [5.41, 5.74) is 1.38. The van der Waals surface area contributed by atoms with E-state index >= 15 is 0 Å². The second-order valence-electron chi connectivity index (χ2n) is 5.48. The van der Waals surface area contributed by atoms with Crippen LogP contribution in [-0.2, 0) is 9.53 Å². The van der Waals surface area contributed by atoms with Crippen LogP contribution in [0.3, 0.4) is 0 Å². The van der Waals surface area contributed by atoms with Crippen molar-refractivity contribution in [1.29, 1.82) is 0 Å². The normalized spacial score (nSPS) is 11.0. The number of benzene rings is 2. The van der Waals surface area contributed by atoms with Crippen LogP contribution in [0.15, 0.2) is 65.1 Å². The molecule has 3 aromatic rings. The number of rotatable bonds is 7. The van der Waals surface area contributed by atoms with Gasteiger partial charge in [-0.15, -0.1) is 0 Å². The van der Waals surface area contributed by atoms with Crippen LogP contribution in [0.25, 0.3) is 17.0 Å². The lowest BCUT2D eigenvalue weighted by Gasteiger charge is -2.06. The second-order valence-corrected chi connectivity index (χ2v) is 5.48. The first kappa shape index (κ1) is 17.5. The molecule has 26 heavy (non-hydrogen) atoms. The third-order valence-electron chi connectivity index (χ3n) is 3.66. The van der Waals surface area contributed by atoms with Crippen LogP contribution in [0.4, 0.5) is 0 Å². The van der Waals surface area contributed by atoms with Crippen LogP contribution in [0.2, 0.25) is 0 Å². The van der Waals surface area contributed by atoms with Gasteiger partial charge < -0.3 is 13.9 Å². The lowest BCUT2D eigenvalue weighted by molar-refractivity contribution is -0.136. The minimum atomic E-state index is -0.610. The van der Waals surface area contributed by atoms with Gasteiger partial charge in [0.1, 0.15) is 11.3 Å². The Morgan fingerprint density at radius 1 is 1.08 bits per heavy atom. The van der Waals surface area contributed by atoms with Crippen molar-refractivity contribution in [3.63, 3.8) is 0 Å². The zero-order chi connectivity index (χ0) is 18.4. The summed E-state index contributed by atoms with van der Waals surface area (Å²) in [4.78, 5) is 24.0. The summed E-state index contributed by atoms with van der Waals surface area (Å²) in [6, 6.07) is 16.3. The fourth-order valence-corrected chi connectivity index (χ4v) is 2.44. The quantitative estimate of drug-likeness (QED) is 0.362. The molecule has 1 heterocycles. The number of hydrogen-bond acceptors (Lipinski definition) is 5. The Hall–Kier alpha value is -3.34. The Labute approximate surface area is 150 Å². The maximum Gasteiger partial charge on any atom is 0.331 e. The zero-order valence-electron chi connectivity index (χ0n) is 14.3. The monoisotopic (exact) mass is 350 g/mol. The Kier molecular flexibility index (Phi) is 5.49. The maximum absolute atomic E-state index is 12.1. The number of ketones is 1. The van der Waals surface area contributed by atoms with Crippen molar-refractivity contribution in [2.75, 3.05) is 13.2 Å². The van der Waals surface area contributed by atoms with Crippen molar-refractivity contribution in [2.45, 2.75) is 6.92 Å². The van der Waals surface area contributed by atoms with E-state index in [9.17, 15) is 9.59 Å². The Morgan fingerprint density at radius 2 is 1.85 bits per heavy atom. The molecule has 3 rings (SSSR count). The van der Waals surface area contributed by atoms with Gasteiger partial charge in [0.25, 0.3) is 0 Å². The number of furan rings is 1. The highest BCUT2D eigenvalue weighted by molar-refractivity contribution is 5.99. The van der Waals surface area contributed by atoms with Gasteiger partial charge in [0.05, 0.1) is 6.61 Å². The van der Waals surface area contributed by atoms with Gasteiger partial charge in [-0.1, -0.05) is 36.4 Å². The van der Waals surface area contributed by atoms with Gasteiger partial charge >= 0.3 is 5.97 Å². The van der Waals surface area contributed by atoms with Crippen molar-refractivity contribution in [3.05, 3.63) is 72.0 Å². The van der Waals surface area contributed by atoms with Gasteiger partial charge in [0, 0.05) is 17.0 Å². The molecule has 1 aromatic heterocycles. The Balaban J connectivity index is 1.59. The zero-order valence-corrected chi connectivity index (χ0v) is 14.3. The average molecular weight is 350 g/mol. The van der Waals surface area contributed by atoms with Crippen molar-refractivity contribution in [1.82, 2.24) is 0 Å². The molecule has 5 nitrogen and oxygen atoms in total. The van der Waals surface area contributed by atoms with Gasteiger partial charge in [-0.2, -0.15) is 0 Å². The van der Waals surface area contributed by atoms with E-state index in [1.165, 1.54) is 6.08 Å². The van der Waals surface area contributed by atoms with Gasteiger partial charge in [0.2, 0.25) is 5.78 Å². The van der Waals surface area contributed by atoms with Crippen molar-refractivity contribution < 1.29 is 23.5 Å². The molecule has 0 bridgehead atoms. The summed E-state index contributed by atoms with van der Waals surface area (Å²) >= 11 is 0. The van der Waals surface area contributed by atoms with Crippen molar-refractivity contribution >= 4 is 28.8 Å². The number of Topliss-reactive ketones (excluding diaryl/α,β-unsaturated/α-hetero) is 1. The summed E-state index contributed by atoms with van der Waals surface area (Å²) in [6.45, 7) is 2.04. The molecule has 0 amide bonds. The third-order valence-corrected chi connectivity index (χ3v) is 3.66. The molecule has 0 N–H and O–H groups in total. The van der Waals surface area contributed by atoms with Gasteiger partial charge in [-0.25, -0.2) is 4.79 Å². The van der Waals surface area contributed by atoms with E-state index in [1.807, 2.05) is 49.4 Å². The number of carbonyl (C=O) groups excluding carboxylic acids is 2. The Morgan fingerprint density at radius 3 is 2.65 bits per heavy atom. The third kappa shape index (κ3) is 4.19. The topological polar surface area (TPSA) is 65.7 Å². The number of hydrogen-bond donors (Lipinski definition) is 0. The minimum absolute atomic E-state index is 0.171. The molecule has 0 spiro atoms. The van der Waals surface area contributed by atoms with E-state index < -0.39 is 11.8 Å². The average Bonchev–Trinajstić information content (AvgIpc) is 3.10. The molecule has 0 atom stereocenters. The molecule has 0 aliphatic rings. The smallest absolute Gasteiger partial charge is 0.331 e. The molecule has 0 saturated heterocycles. The van der Waals surface area contributed by atoms with Crippen molar-refractivity contribution in [3.8, 4) is 5.75 Å². The number of esters is 1. The van der Waals surface area contributed by atoms with Crippen LogP contribution >= 0.6 is 0 Å². The van der Waals surface area contributed by atoms with Gasteiger partial charge in [0.15, 0.2) is 12.4 Å². The fraction of sp³-hybridized carbons (Fsp3) is 0.143. The number of para-hydroxylation sites is 2. The first-order chi connectivity index (χ1) is 12.7. The molecule has 0 aliphatic heterocycles. The molecular formula is C21H18O5. The molecule has 0 radical (unpaired) electrons. The fourth-order valence-electron chi connectivity index (χ4n) is 2.44. The van der Waals surface area contributed by atoms with Gasteiger partial charge in [-0.3, -0.25) is 4.79 Å². The van der Waals surface area contributed by atoms with Crippen LogP contribution in [0, 0.1) is 0 Å². The second kappa shape index (κ2) is 8.16. The SMILES string of the molecule is CCOc1ccccc1/C=C/C(=O)OCC(=O)c1cc2ccccc2o1. The Bertz CT molecular complexity index is 919. The van der Waals surface area contributed by atoms with E-state index in [4.69, 9.17) is 13.9 Å². The molecular weight excluding hydrogens is 332 g/mol. The predicted octanol–water partition coefficient (Wildman–Crippen LogP) is 4.27. The highest BCUT2D eigenvalue weighted by Crippen LogP contribution is 2.20. The first-order valence-electron chi connectivity index (χ1n) is 8.26. The predicted molar refractivity (Wildman–Crippen MR) is 98.1 cm³/mol. The van der Waals surface area contributed by atoms with E-state index in [-0.39, 0.29) is 12.4 Å². The molecule has 132 valence electrons. The minimum Gasteiger partial charge on any atom is -0.493 e. The van der Waals surface area contributed by atoms with Crippen LogP contribution < -0.4 is 4.74 Å². The summed E-state index contributed by atoms with van der Waals surface area (Å²) in [5.74, 6) is -0.152. The highest BCUT2D eigenvalue weighted by atomic mass is 16.5. The number of carbonyl (C=O) groups is 2. The van der Waals surface area contributed by atoms with Gasteiger partial charge in [-0.05, 0) is 31.2 Å². The molecule has 0 aliphatic carbocycles. The number of ether oxygens (including phenoxy) is 2. The summed E-state index contributed by atoms with van der Waals surface area (Å²) < 4.78 is 15.9. The molecule has 2 aromatic carbocycles. The van der Waals surface area contributed by atoms with E-state index in [2.05, 4.69) is 0 Å². The summed E-state index contributed by atoms with van der Waals surface area (Å²) in [6.07, 6.45) is 2.86. The lowest BCUT2D eigenvalue weighted by Crippen LogP contribution is -2.11. The largest absolute Gasteiger partial charge is 0.493 e. The number of fused-ring (bicyclic) bond motifs is 1. The van der Waals surface area contributed by atoms with Crippen LogP contribution in [-0.4, -0.2) is 25.0 Å². The standard InChI is InChI=1S/C21H18O5/c1-2-24-18-9-5-3-7-15(18)11-12-21(23)25-14-17(22)20-13-16-8-4-6-10-19(16)26-20/h3-13H,2,14H2,1H3/b12-11+. The molecule has 0 fully saturated rings. The van der Waals surface area contributed by atoms with E-state index in [0.717, 1.165) is 10.9 Å². The first-order valence-corrected chi connectivity index (χ1v) is 8.26. The molecule has 5 heteroatoms. The van der Waals surface area contributed by atoms with Crippen molar-refractivity contribution in [2.24, 2.45) is 0 Å².